The van der Waals surface area contributed by atoms with Crippen molar-refractivity contribution in [1.82, 2.24) is 40.3 Å². The average molecular weight is 713 g/mol. The number of anilines is 1. The third kappa shape index (κ3) is 7.25. The summed E-state index contributed by atoms with van der Waals surface area (Å²) in [5, 5.41) is 20.8. The number of alkyl halides is 3. The first kappa shape index (κ1) is 33.1. The molecule has 5 rings (SSSR count). The van der Waals surface area contributed by atoms with Gasteiger partial charge in [0.2, 0.25) is 0 Å². The van der Waals surface area contributed by atoms with Crippen LogP contribution in [0.1, 0.15) is 56.5 Å². The maximum absolute atomic E-state index is 13.8. The zero-order chi connectivity index (χ0) is 33.3. The van der Waals surface area contributed by atoms with Crippen molar-refractivity contribution < 1.29 is 22.8 Å². The van der Waals surface area contributed by atoms with E-state index >= 15 is 0 Å². The fourth-order valence-corrected chi connectivity index (χ4v) is 5.33. The first-order valence-corrected chi connectivity index (χ1v) is 14.6. The molecule has 11 nitrogen and oxygen atoms in total. The van der Waals surface area contributed by atoms with E-state index < -0.39 is 29.9 Å². The van der Waals surface area contributed by atoms with Gasteiger partial charge < -0.3 is 10.6 Å². The fourth-order valence-electron chi connectivity index (χ4n) is 4.40. The molecule has 18 heteroatoms. The molecule has 5 aromatic rings. The maximum atomic E-state index is 13.8. The summed E-state index contributed by atoms with van der Waals surface area (Å²) in [6.07, 6.45) is -3.39. The van der Waals surface area contributed by atoms with Crippen LogP contribution in [0.4, 0.5) is 18.9 Å². The molecule has 1 unspecified atom stereocenters. The van der Waals surface area contributed by atoms with Crippen molar-refractivity contribution in [3.8, 4) is 5.82 Å². The number of nitrogens with one attached hydrogen (secondary N) is 2. The molecule has 2 amide bonds. The van der Waals surface area contributed by atoms with Gasteiger partial charge in [-0.25, -0.2) is 9.67 Å². The number of hydrogen-bond acceptors (Lipinski definition) is 7. The maximum Gasteiger partial charge on any atom is 0.455 e. The molecule has 0 saturated heterocycles. The molecule has 3 heterocycles. The average Bonchev–Trinajstić information content (AvgIpc) is 3.63. The summed E-state index contributed by atoms with van der Waals surface area (Å²) in [6.45, 7) is 2.98. The predicted molar refractivity (Wildman–Crippen MR) is 165 cm³/mol. The molecule has 0 bridgehead atoms. The smallest absolute Gasteiger partial charge is 0.345 e. The molecule has 0 aliphatic heterocycles. The molecule has 238 valence electrons. The second-order valence-corrected chi connectivity index (χ2v) is 11.5. The molecule has 0 spiro atoms. The number of hydrogen-bond donors (Lipinski definition) is 2. The highest BCUT2D eigenvalue weighted by atomic mass is 35.5. The molecule has 2 aromatic carbocycles. The van der Waals surface area contributed by atoms with Crippen molar-refractivity contribution >= 4 is 63.9 Å². The van der Waals surface area contributed by atoms with E-state index in [1.165, 1.54) is 24.4 Å². The number of nitrogens with zero attached hydrogens (tertiary/aromatic N) is 7. The summed E-state index contributed by atoms with van der Waals surface area (Å²) in [5.41, 5.74) is 1.15. The molecular formula is C28H20Cl4F3N9O2. The Labute approximate surface area is 278 Å². The molecule has 0 radical (unpaired) electrons. The van der Waals surface area contributed by atoms with Crippen molar-refractivity contribution in [3.63, 3.8) is 0 Å². The van der Waals surface area contributed by atoms with Crippen molar-refractivity contribution in [3.05, 3.63) is 109 Å². The molecular weight excluding hydrogens is 693 g/mol. The Bertz CT molecular complexity index is 1960. The highest BCUT2D eigenvalue weighted by Crippen LogP contribution is 2.30. The second kappa shape index (κ2) is 13.2. The molecule has 1 atom stereocenters. The third-order valence-corrected chi connectivity index (χ3v) is 7.59. The van der Waals surface area contributed by atoms with E-state index in [4.69, 9.17) is 46.4 Å². The SMILES string of the molecule is Cc1cc(Cl)cc(C(=O)NC(C)c2cc(Cl)ccc2Cl)c1NC(=O)c1cc(Cn2nnc(C(F)(F)F)n2)nn1-c1ncccc1Cl. The van der Waals surface area contributed by atoms with Gasteiger partial charge in [-0.3, -0.25) is 9.59 Å². The summed E-state index contributed by atoms with van der Waals surface area (Å²) < 4.78 is 40.1. The van der Waals surface area contributed by atoms with Crippen molar-refractivity contribution in [1.29, 1.82) is 0 Å². The molecule has 0 fully saturated rings. The second-order valence-electron chi connectivity index (χ2n) is 9.84. The van der Waals surface area contributed by atoms with Crippen molar-refractivity contribution in [2.75, 3.05) is 5.32 Å². The Kier molecular flexibility index (Phi) is 9.54. The van der Waals surface area contributed by atoms with Crippen LogP contribution < -0.4 is 10.6 Å². The van der Waals surface area contributed by atoms with E-state index in [2.05, 4.69) is 36.1 Å². The Morgan fingerprint density at radius 3 is 2.41 bits per heavy atom. The zero-order valence-corrected chi connectivity index (χ0v) is 26.6. The Morgan fingerprint density at radius 1 is 0.957 bits per heavy atom. The molecule has 46 heavy (non-hydrogen) atoms. The van der Waals surface area contributed by atoms with Crippen LogP contribution in [0, 0.1) is 6.92 Å². The van der Waals surface area contributed by atoms with Gasteiger partial charge in [0.15, 0.2) is 5.82 Å². The molecule has 0 aliphatic carbocycles. The van der Waals surface area contributed by atoms with E-state index in [1.54, 1.807) is 44.2 Å². The first-order chi connectivity index (χ1) is 21.7. The van der Waals surface area contributed by atoms with Gasteiger partial charge in [-0.2, -0.15) is 23.1 Å². The minimum absolute atomic E-state index is 0.0389. The Balaban J connectivity index is 1.49. The van der Waals surface area contributed by atoms with Gasteiger partial charge in [0, 0.05) is 21.3 Å². The van der Waals surface area contributed by atoms with Crippen LogP contribution in [-0.2, 0) is 12.7 Å². The van der Waals surface area contributed by atoms with Crippen LogP contribution >= 0.6 is 46.4 Å². The lowest BCUT2D eigenvalue weighted by Gasteiger charge is -2.19. The number of halogens is 7. The number of pyridine rings is 1. The quantitative estimate of drug-likeness (QED) is 0.177. The molecule has 0 saturated carbocycles. The van der Waals surface area contributed by atoms with E-state index in [9.17, 15) is 22.8 Å². The predicted octanol–water partition coefficient (Wildman–Crippen LogP) is 6.99. The minimum atomic E-state index is -4.80. The minimum Gasteiger partial charge on any atom is -0.345 e. The number of aryl methyl sites for hydroxylation is 1. The van der Waals surface area contributed by atoms with Gasteiger partial charge in [0.25, 0.3) is 17.6 Å². The summed E-state index contributed by atoms with van der Waals surface area (Å²) in [5.74, 6) is -2.72. The standard InChI is InChI=1S/C28H20Cl4F3N9O2/c1-13-8-16(30)10-19(25(45)37-14(2)18-9-15(29)5-6-20(18)31)23(13)38-26(46)22-11-17(12-43-41-27(39-42-43)28(33,34)35)40-44(22)24-21(32)4-3-7-36-24/h3-11,14H,12H2,1-2H3,(H,37,45)(H,38,46). The lowest BCUT2D eigenvalue weighted by atomic mass is 10.0. The van der Waals surface area contributed by atoms with Gasteiger partial charge in [-0.15, -0.1) is 10.2 Å². The number of rotatable bonds is 8. The monoisotopic (exact) mass is 711 g/mol. The van der Waals surface area contributed by atoms with E-state index in [-0.39, 0.29) is 45.0 Å². The molecule has 3 aromatic heterocycles. The molecule has 2 N–H and O–H groups in total. The van der Waals surface area contributed by atoms with E-state index in [1.807, 2.05) is 0 Å². The molecule has 0 aliphatic rings. The first-order valence-electron chi connectivity index (χ1n) is 13.1. The largest absolute Gasteiger partial charge is 0.455 e. The highest BCUT2D eigenvalue weighted by Gasteiger charge is 2.37. The number of benzene rings is 2. The van der Waals surface area contributed by atoms with E-state index in [0.29, 0.717) is 26.0 Å². The summed E-state index contributed by atoms with van der Waals surface area (Å²) in [6, 6.07) is 11.6. The number of aromatic nitrogens is 7. The van der Waals surface area contributed by atoms with Crippen LogP contribution in [0.25, 0.3) is 5.82 Å². The van der Waals surface area contributed by atoms with Gasteiger partial charge in [0.05, 0.1) is 28.0 Å². The van der Waals surface area contributed by atoms with Gasteiger partial charge in [0.1, 0.15) is 12.2 Å². The van der Waals surface area contributed by atoms with Crippen LogP contribution in [0.5, 0.6) is 0 Å². The van der Waals surface area contributed by atoms with Crippen LogP contribution in [0.3, 0.4) is 0 Å². The van der Waals surface area contributed by atoms with Gasteiger partial charge >= 0.3 is 6.18 Å². The Morgan fingerprint density at radius 2 is 1.72 bits per heavy atom. The van der Waals surface area contributed by atoms with Gasteiger partial charge in [-0.1, -0.05) is 46.4 Å². The zero-order valence-electron chi connectivity index (χ0n) is 23.6. The van der Waals surface area contributed by atoms with Crippen LogP contribution in [0.15, 0.2) is 54.7 Å². The third-order valence-electron chi connectivity index (χ3n) is 6.50. The van der Waals surface area contributed by atoms with Crippen molar-refractivity contribution in [2.45, 2.75) is 32.6 Å². The number of amides is 2. The van der Waals surface area contributed by atoms with E-state index in [0.717, 1.165) is 4.68 Å². The normalized spacial score (nSPS) is 12.2. The number of tetrazole rings is 1. The summed E-state index contributed by atoms with van der Waals surface area (Å²) in [7, 11) is 0. The number of carbonyl (C=O) groups is 2. The highest BCUT2D eigenvalue weighted by molar-refractivity contribution is 6.34. The topological polar surface area (TPSA) is 133 Å². The van der Waals surface area contributed by atoms with Crippen LogP contribution in [-0.4, -0.2) is 46.8 Å². The summed E-state index contributed by atoms with van der Waals surface area (Å²) in [4.78, 5) is 32.2. The summed E-state index contributed by atoms with van der Waals surface area (Å²) >= 11 is 25.1. The lowest BCUT2D eigenvalue weighted by Crippen LogP contribution is -2.29. The number of carbonyl (C=O) groups excluding carboxylic acids is 2. The van der Waals surface area contributed by atoms with Crippen molar-refractivity contribution in [2.24, 2.45) is 0 Å². The Hall–Kier alpha value is -4.24. The van der Waals surface area contributed by atoms with Gasteiger partial charge in [-0.05, 0) is 78.7 Å². The fraction of sp³-hybridized carbons (Fsp3) is 0.179. The van der Waals surface area contributed by atoms with Crippen LogP contribution in [0.2, 0.25) is 20.1 Å². The lowest BCUT2D eigenvalue weighted by molar-refractivity contribution is -0.145.